The van der Waals surface area contributed by atoms with Gasteiger partial charge in [-0.2, -0.15) is 0 Å². The van der Waals surface area contributed by atoms with Gasteiger partial charge in [-0.3, -0.25) is 0 Å². The lowest BCUT2D eigenvalue weighted by molar-refractivity contribution is 0.103. The molecule has 112 valence electrons. The Morgan fingerprint density at radius 3 is 2.43 bits per heavy atom. The van der Waals surface area contributed by atoms with Crippen molar-refractivity contribution in [1.29, 1.82) is 0 Å². The Hall–Kier alpha value is -1.69. The highest BCUT2D eigenvalue weighted by molar-refractivity contribution is 7.80. The highest BCUT2D eigenvalue weighted by Gasteiger charge is 2.27. The first-order valence-electron chi connectivity index (χ1n) is 6.93. The van der Waals surface area contributed by atoms with Gasteiger partial charge >= 0.3 is 0 Å². The lowest BCUT2D eigenvalue weighted by atomic mass is 9.99. The van der Waals surface area contributed by atoms with Gasteiger partial charge in [0.1, 0.15) is 0 Å². The molecule has 0 bridgehead atoms. The van der Waals surface area contributed by atoms with Crippen molar-refractivity contribution < 1.29 is 10.2 Å². The van der Waals surface area contributed by atoms with Crippen molar-refractivity contribution >= 4 is 33.8 Å². The third kappa shape index (κ3) is 3.50. The Bertz CT molecular complexity index is 613. The SMILES string of the molecule is CCC(CO)(CO)NC(=S)Nc1cccc2ccccc12. The maximum atomic E-state index is 9.45. The third-order valence-electron chi connectivity index (χ3n) is 3.70. The van der Waals surface area contributed by atoms with E-state index in [2.05, 4.69) is 10.6 Å². The molecule has 0 heterocycles. The van der Waals surface area contributed by atoms with E-state index >= 15 is 0 Å². The molecule has 0 amide bonds. The van der Waals surface area contributed by atoms with Crippen LogP contribution < -0.4 is 10.6 Å². The molecule has 2 rings (SSSR count). The highest BCUT2D eigenvalue weighted by atomic mass is 32.1. The first-order valence-corrected chi connectivity index (χ1v) is 7.33. The van der Waals surface area contributed by atoms with Crippen LogP contribution in [0.1, 0.15) is 13.3 Å². The van der Waals surface area contributed by atoms with Crippen LogP contribution in [-0.2, 0) is 0 Å². The van der Waals surface area contributed by atoms with Gasteiger partial charge in [-0.15, -0.1) is 0 Å². The predicted molar refractivity (Wildman–Crippen MR) is 90.5 cm³/mol. The zero-order valence-electron chi connectivity index (χ0n) is 12.0. The molecule has 0 aliphatic rings. The molecule has 2 aromatic carbocycles. The zero-order chi connectivity index (χ0) is 15.3. The highest BCUT2D eigenvalue weighted by Crippen LogP contribution is 2.23. The first-order chi connectivity index (χ1) is 10.1. The van der Waals surface area contributed by atoms with E-state index in [0.29, 0.717) is 11.5 Å². The van der Waals surface area contributed by atoms with Crippen LogP contribution in [-0.4, -0.2) is 34.1 Å². The summed E-state index contributed by atoms with van der Waals surface area (Å²) in [5.41, 5.74) is 0.0979. The summed E-state index contributed by atoms with van der Waals surface area (Å²) in [6.07, 6.45) is 0.567. The van der Waals surface area contributed by atoms with Crippen LogP contribution in [0.15, 0.2) is 42.5 Å². The number of aliphatic hydroxyl groups excluding tert-OH is 2. The zero-order valence-corrected chi connectivity index (χ0v) is 12.8. The van der Waals surface area contributed by atoms with Crippen LogP contribution in [0.25, 0.3) is 10.8 Å². The summed E-state index contributed by atoms with van der Waals surface area (Å²) in [6, 6.07) is 14.0. The lowest BCUT2D eigenvalue weighted by Crippen LogP contribution is -2.54. The number of anilines is 1. The third-order valence-corrected chi connectivity index (χ3v) is 3.90. The molecular formula is C16H20N2O2S. The number of aliphatic hydroxyl groups is 2. The molecule has 0 spiro atoms. The molecule has 0 radical (unpaired) electrons. The molecule has 0 aromatic heterocycles. The molecule has 0 saturated carbocycles. The summed E-state index contributed by atoms with van der Waals surface area (Å²) in [5.74, 6) is 0. The van der Waals surface area contributed by atoms with E-state index in [9.17, 15) is 10.2 Å². The molecule has 4 N–H and O–H groups in total. The maximum Gasteiger partial charge on any atom is 0.171 e. The summed E-state index contributed by atoms with van der Waals surface area (Å²) in [4.78, 5) is 0. The van der Waals surface area contributed by atoms with Crippen molar-refractivity contribution in [3.63, 3.8) is 0 Å². The minimum Gasteiger partial charge on any atom is -0.394 e. The fourth-order valence-electron chi connectivity index (χ4n) is 2.17. The first kappa shape index (κ1) is 15.7. The van der Waals surface area contributed by atoms with E-state index in [1.807, 2.05) is 49.4 Å². The van der Waals surface area contributed by atoms with Gasteiger partial charge in [0, 0.05) is 11.1 Å². The van der Waals surface area contributed by atoms with Crippen LogP contribution >= 0.6 is 12.2 Å². The van der Waals surface area contributed by atoms with Crippen LogP contribution in [0.4, 0.5) is 5.69 Å². The quantitative estimate of drug-likeness (QED) is 0.638. The van der Waals surface area contributed by atoms with E-state index in [4.69, 9.17) is 12.2 Å². The number of hydrogen-bond donors (Lipinski definition) is 4. The van der Waals surface area contributed by atoms with Crippen molar-refractivity contribution in [3.05, 3.63) is 42.5 Å². The molecule has 0 fully saturated rings. The molecule has 4 nitrogen and oxygen atoms in total. The van der Waals surface area contributed by atoms with Crippen LogP contribution in [0, 0.1) is 0 Å². The fraction of sp³-hybridized carbons (Fsp3) is 0.312. The van der Waals surface area contributed by atoms with Gasteiger partial charge in [-0.1, -0.05) is 43.3 Å². The standard InChI is InChI=1S/C16H20N2O2S/c1-2-16(10-19,11-20)18-15(21)17-14-9-5-7-12-6-3-4-8-13(12)14/h3-9,19-20H,2,10-11H2,1H3,(H2,17,18,21). The summed E-state index contributed by atoms with van der Waals surface area (Å²) in [6.45, 7) is 1.52. The number of thiocarbonyl (C=S) groups is 1. The Morgan fingerprint density at radius 2 is 1.76 bits per heavy atom. The van der Waals surface area contributed by atoms with Crippen molar-refractivity contribution in [1.82, 2.24) is 5.32 Å². The Kier molecular flexibility index (Phi) is 5.12. The molecule has 0 unspecified atom stereocenters. The summed E-state index contributed by atoms with van der Waals surface area (Å²) >= 11 is 5.30. The number of hydrogen-bond acceptors (Lipinski definition) is 3. The monoisotopic (exact) mass is 304 g/mol. The topological polar surface area (TPSA) is 64.5 Å². The Labute approximate surface area is 129 Å². The van der Waals surface area contributed by atoms with Crippen LogP contribution in [0.2, 0.25) is 0 Å². The molecule has 0 atom stereocenters. The smallest absolute Gasteiger partial charge is 0.171 e. The second-order valence-electron chi connectivity index (χ2n) is 5.06. The van der Waals surface area contributed by atoms with Gasteiger partial charge in [-0.25, -0.2) is 0 Å². The maximum absolute atomic E-state index is 9.45. The number of benzene rings is 2. The molecule has 5 heteroatoms. The molecular weight excluding hydrogens is 284 g/mol. The average molecular weight is 304 g/mol. The van der Waals surface area contributed by atoms with Gasteiger partial charge in [0.25, 0.3) is 0 Å². The minimum absolute atomic E-state index is 0.183. The van der Waals surface area contributed by atoms with Gasteiger partial charge in [0.05, 0.1) is 18.8 Å². The Morgan fingerprint density at radius 1 is 1.10 bits per heavy atom. The fourth-order valence-corrected chi connectivity index (χ4v) is 2.50. The van der Waals surface area contributed by atoms with Crippen LogP contribution in [0.3, 0.4) is 0 Å². The van der Waals surface area contributed by atoms with Gasteiger partial charge in [0.15, 0.2) is 5.11 Å². The number of nitrogens with one attached hydrogen (secondary N) is 2. The summed E-state index contributed by atoms with van der Waals surface area (Å²) < 4.78 is 0. The summed E-state index contributed by atoms with van der Waals surface area (Å²) in [5, 5.41) is 27.6. The van der Waals surface area contributed by atoms with E-state index in [-0.39, 0.29) is 13.2 Å². The molecule has 2 aromatic rings. The van der Waals surface area contributed by atoms with Gasteiger partial charge in [0.2, 0.25) is 0 Å². The lowest BCUT2D eigenvalue weighted by Gasteiger charge is -2.31. The summed E-state index contributed by atoms with van der Waals surface area (Å²) in [7, 11) is 0. The molecule has 21 heavy (non-hydrogen) atoms. The molecule has 0 saturated heterocycles. The number of fused-ring (bicyclic) bond motifs is 1. The van der Waals surface area contributed by atoms with Gasteiger partial charge in [-0.05, 0) is 30.1 Å². The van der Waals surface area contributed by atoms with Crippen molar-refractivity contribution in [3.8, 4) is 0 Å². The Balaban J connectivity index is 2.19. The van der Waals surface area contributed by atoms with Crippen LogP contribution in [0.5, 0.6) is 0 Å². The average Bonchev–Trinajstić information content (AvgIpc) is 2.53. The minimum atomic E-state index is -0.797. The molecule has 0 aliphatic heterocycles. The molecule has 0 aliphatic carbocycles. The van der Waals surface area contributed by atoms with Crippen molar-refractivity contribution in [2.75, 3.05) is 18.5 Å². The second kappa shape index (κ2) is 6.85. The van der Waals surface area contributed by atoms with E-state index in [0.717, 1.165) is 16.5 Å². The van der Waals surface area contributed by atoms with Gasteiger partial charge < -0.3 is 20.8 Å². The normalized spacial score (nSPS) is 11.4. The van der Waals surface area contributed by atoms with Crippen molar-refractivity contribution in [2.45, 2.75) is 18.9 Å². The largest absolute Gasteiger partial charge is 0.394 e. The predicted octanol–water partition coefficient (Wildman–Crippen LogP) is 2.26. The van der Waals surface area contributed by atoms with E-state index in [1.54, 1.807) is 0 Å². The second-order valence-corrected chi connectivity index (χ2v) is 5.46. The van der Waals surface area contributed by atoms with E-state index in [1.165, 1.54) is 0 Å². The van der Waals surface area contributed by atoms with E-state index < -0.39 is 5.54 Å². The number of rotatable bonds is 5. The van der Waals surface area contributed by atoms with Crippen molar-refractivity contribution in [2.24, 2.45) is 0 Å².